The van der Waals surface area contributed by atoms with Crippen molar-refractivity contribution in [3.63, 3.8) is 0 Å². The van der Waals surface area contributed by atoms with Crippen LogP contribution in [0, 0.1) is 0 Å². The summed E-state index contributed by atoms with van der Waals surface area (Å²) in [6.07, 6.45) is 0.521. The first kappa shape index (κ1) is 14.2. The average molecular weight is 257 g/mol. The van der Waals surface area contributed by atoms with Gasteiger partial charge in [0, 0.05) is 20.7 Å². The predicted octanol–water partition coefficient (Wildman–Crippen LogP) is 1.48. The van der Waals surface area contributed by atoms with Gasteiger partial charge < -0.3 is 4.74 Å². The summed E-state index contributed by atoms with van der Waals surface area (Å²) < 4.78 is 29.5. The molecule has 0 N–H and O–H groups in total. The molecule has 0 fully saturated rings. The average Bonchev–Trinajstić information content (AvgIpc) is 2.29. The van der Waals surface area contributed by atoms with E-state index in [1.54, 1.807) is 14.1 Å². The van der Waals surface area contributed by atoms with Gasteiger partial charge in [0.2, 0.25) is 10.0 Å². The third-order valence-corrected chi connectivity index (χ3v) is 4.28. The van der Waals surface area contributed by atoms with Crippen LogP contribution in [0.15, 0.2) is 30.3 Å². The van der Waals surface area contributed by atoms with Gasteiger partial charge >= 0.3 is 0 Å². The molecule has 0 aromatic heterocycles. The topological polar surface area (TPSA) is 46.6 Å². The fourth-order valence-electron chi connectivity index (χ4n) is 1.29. The van der Waals surface area contributed by atoms with Gasteiger partial charge in [-0.25, -0.2) is 12.7 Å². The highest BCUT2D eigenvalue weighted by atomic mass is 32.2. The highest BCUT2D eigenvalue weighted by molar-refractivity contribution is 7.89. The maximum atomic E-state index is 11.4. The molecule has 0 aliphatic carbocycles. The van der Waals surface area contributed by atoms with E-state index in [1.165, 1.54) is 4.31 Å². The molecule has 1 aromatic carbocycles. The molecule has 17 heavy (non-hydrogen) atoms. The van der Waals surface area contributed by atoms with E-state index in [9.17, 15) is 8.42 Å². The number of sulfonamides is 1. The van der Waals surface area contributed by atoms with E-state index >= 15 is 0 Å². The molecule has 0 saturated carbocycles. The van der Waals surface area contributed by atoms with Crippen molar-refractivity contribution in [1.82, 2.24) is 4.31 Å². The van der Waals surface area contributed by atoms with Gasteiger partial charge in [-0.05, 0) is 12.0 Å². The molecular weight excluding hydrogens is 238 g/mol. The van der Waals surface area contributed by atoms with Gasteiger partial charge in [0.05, 0.1) is 12.4 Å². The summed E-state index contributed by atoms with van der Waals surface area (Å²) in [5.74, 6) is 0.134. The maximum absolute atomic E-state index is 11.4. The number of rotatable bonds is 7. The fourth-order valence-corrected chi connectivity index (χ4v) is 2.14. The molecule has 0 amide bonds. The van der Waals surface area contributed by atoms with E-state index in [-0.39, 0.29) is 5.75 Å². The fraction of sp³-hybridized carbons (Fsp3) is 0.500. The second kappa shape index (κ2) is 6.74. The second-order valence-electron chi connectivity index (χ2n) is 3.99. The summed E-state index contributed by atoms with van der Waals surface area (Å²) in [5, 5.41) is 0. The van der Waals surface area contributed by atoms with Gasteiger partial charge in [-0.2, -0.15) is 0 Å². The van der Waals surface area contributed by atoms with Gasteiger partial charge in [-0.3, -0.25) is 0 Å². The largest absolute Gasteiger partial charge is 0.377 e. The van der Waals surface area contributed by atoms with E-state index < -0.39 is 10.0 Å². The Morgan fingerprint density at radius 1 is 1.18 bits per heavy atom. The zero-order chi connectivity index (χ0) is 12.7. The van der Waals surface area contributed by atoms with E-state index in [2.05, 4.69) is 0 Å². The summed E-state index contributed by atoms with van der Waals surface area (Å²) in [7, 11) is -0.00631. The van der Waals surface area contributed by atoms with Crippen LogP contribution in [0.25, 0.3) is 0 Å². The molecule has 0 heterocycles. The first-order valence-corrected chi connectivity index (χ1v) is 7.15. The zero-order valence-electron chi connectivity index (χ0n) is 10.3. The molecule has 0 saturated heterocycles. The Morgan fingerprint density at radius 3 is 2.41 bits per heavy atom. The van der Waals surface area contributed by atoms with Crippen LogP contribution in [0.5, 0.6) is 0 Å². The molecule has 0 radical (unpaired) electrons. The van der Waals surface area contributed by atoms with E-state index in [0.717, 1.165) is 5.56 Å². The van der Waals surface area contributed by atoms with Crippen LogP contribution in [0.3, 0.4) is 0 Å². The number of benzene rings is 1. The van der Waals surface area contributed by atoms with Crippen LogP contribution in [-0.4, -0.2) is 39.2 Å². The first-order valence-electron chi connectivity index (χ1n) is 5.54. The van der Waals surface area contributed by atoms with Crippen molar-refractivity contribution >= 4 is 10.0 Å². The van der Waals surface area contributed by atoms with Gasteiger partial charge in [0.25, 0.3) is 0 Å². The molecule has 0 aliphatic heterocycles. The lowest BCUT2D eigenvalue weighted by molar-refractivity contribution is 0.121. The molecule has 96 valence electrons. The number of ether oxygens (including phenoxy) is 1. The minimum atomic E-state index is -3.09. The summed E-state index contributed by atoms with van der Waals surface area (Å²) >= 11 is 0. The third kappa shape index (κ3) is 5.30. The normalized spacial score (nSPS) is 11.9. The molecule has 0 spiro atoms. The summed E-state index contributed by atoms with van der Waals surface area (Å²) in [4.78, 5) is 0. The van der Waals surface area contributed by atoms with Gasteiger partial charge in [0.1, 0.15) is 0 Å². The molecule has 4 nitrogen and oxygen atoms in total. The van der Waals surface area contributed by atoms with Crippen molar-refractivity contribution in [2.24, 2.45) is 0 Å². The molecule has 5 heteroatoms. The summed E-state index contributed by atoms with van der Waals surface area (Å²) in [5.41, 5.74) is 1.10. The molecule has 1 aromatic rings. The van der Waals surface area contributed by atoms with Crippen molar-refractivity contribution in [3.8, 4) is 0 Å². The molecular formula is C12H19NO3S. The van der Waals surface area contributed by atoms with Crippen molar-refractivity contribution in [1.29, 1.82) is 0 Å². The van der Waals surface area contributed by atoms with Gasteiger partial charge in [0.15, 0.2) is 0 Å². The van der Waals surface area contributed by atoms with Crippen LogP contribution in [0.1, 0.15) is 12.0 Å². The maximum Gasteiger partial charge on any atom is 0.213 e. The zero-order valence-corrected chi connectivity index (χ0v) is 11.1. The predicted molar refractivity (Wildman–Crippen MR) is 68.2 cm³/mol. The quantitative estimate of drug-likeness (QED) is 0.695. The van der Waals surface area contributed by atoms with Crippen molar-refractivity contribution in [2.75, 3.05) is 26.5 Å². The van der Waals surface area contributed by atoms with Crippen molar-refractivity contribution < 1.29 is 13.2 Å². The molecule has 0 unspecified atom stereocenters. The van der Waals surface area contributed by atoms with Crippen molar-refractivity contribution in [3.05, 3.63) is 35.9 Å². The van der Waals surface area contributed by atoms with Crippen LogP contribution in [0.2, 0.25) is 0 Å². The van der Waals surface area contributed by atoms with E-state index in [0.29, 0.717) is 19.6 Å². The third-order valence-electron chi connectivity index (χ3n) is 2.36. The van der Waals surface area contributed by atoms with Crippen LogP contribution >= 0.6 is 0 Å². The van der Waals surface area contributed by atoms with Gasteiger partial charge in [-0.1, -0.05) is 30.3 Å². The highest BCUT2D eigenvalue weighted by Gasteiger charge is 2.12. The Labute approximate surface area is 103 Å². The Morgan fingerprint density at radius 2 is 1.82 bits per heavy atom. The van der Waals surface area contributed by atoms with Crippen LogP contribution in [-0.2, 0) is 21.4 Å². The van der Waals surface area contributed by atoms with E-state index in [4.69, 9.17) is 4.74 Å². The monoisotopic (exact) mass is 257 g/mol. The Balaban J connectivity index is 2.18. The Kier molecular flexibility index (Phi) is 5.61. The molecule has 0 bridgehead atoms. The summed E-state index contributed by atoms with van der Waals surface area (Å²) in [6.45, 7) is 0.991. The standard InChI is InChI=1S/C12H19NO3S/c1-13(2)17(14,15)10-6-9-16-11-12-7-4-3-5-8-12/h3-5,7-8H,6,9-11H2,1-2H3. The minimum absolute atomic E-state index is 0.134. The number of nitrogens with zero attached hydrogens (tertiary/aromatic N) is 1. The van der Waals surface area contributed by atoms with Gasteiger partial charge in [-0.15, -0.1) is 0 Å². The van der Waals surface area contributed by atoms with E-state index in [1.807, 2.05) is 30.3 Å². The smallest absolute Gasteiger partial charge is 0.213 e. The Bertz CT molecular complexity index is 415. The minimum Gasteiger partial charge on any atom is -0.377 e. The molecule has 0 atom stereocenters. The molecule has 1 rings (SSSR count). The second-order valence-corrected chi connectivity index (χ2v) is 6.29. The lowest BCUT2D eigenvalue weighted by Gasteiger charge is -2.10. The molecule has 0 aliphatic rings. The lowest BCUT2D eigenvalue weighted by Crippen LogP contribution is -2.25. The van der Waals surface area contributed by atoms with Crippen LogP contribution < -0.4 is 0 Å². The number of hydrogen-bond donors (Lipinski definition) is 0. The Hall–Kier alpha value is -0.910. The highest BCUT2D eigenvalue weighted by Crippen LogP contribution is 2.02. The number of hydrogen-bond acceptors (Lipinski definition) is 3. The SMILES string of the molecule is CN(C)S(=O)(=O)CCCOCc1ccccc1. The summed E-state index contributed by atoms with van der Waals surface area (Å²) in [6, 6.07) is 9.82. The van der Waals surface area contributed by atoms with Crippen molar-refractivity contribution in [2.45, 2.75) is 13.0 Å². The first-order chi connectivity index (χ1) is 8.02. The lowest BCUT2D eigenvalue weighted by atomic mass is 10.2. The van der Waals surface area contributed by atoms with Crippen LogP contribution in [0.4, 0.5) is 0 Å².